The monoisotopic (exact) mass is 399 g/mol. The number of unbranched alkanes of at least 4 members (excludes halogenated alkanes) is 1. The summed E-state index contributed by atoms with van der Waals surface area (Å²) < 4.78 is 2.08. The first-order chi connectivity index (χ1) is 14.6. The SMILES string of the molecule is CCc1ccc(C(=O)c2cn(CCCCC(=O)O)c3ccccc23)c2ccccc12. The average molecular weight is 399 g/mol. The molecule has 30 heavy (non-hydrogen) atoms. The minimum absolute atomic E-state index is 0.0225. The zero-order valence-electron chi connectivity index (χ0n) is 17.1. The van der Waals surface area contributed by atoms with Crippen LogP contribution in [0.3, 0.4) is 0 Å². The van der Waals surface area contributed by atoms with Gasteiger partial charge in [-0.25, -0.2) is 0 Å². The summed E-state index contributed by atoms with van der Waals surface area (Å²) in [6, 6.07) is 20.0. The van der Waals surface area contributed by atoms with E-state index in [2.05, 4.69) is 23.6 Å². The largest absolute Gasteiger partial charge is 0.481 e. The van der Waals surface area contributed by atoms with Crippen LogP contribution in [0.4, 0.5) is 0 Å². The molecule has 1 N–H and O–H groups in total. The van der Waals surface area contributed by atoms with Crippen LogP contribution in [-0.2, 0) is 17.8 Å². The first-order valence-electron chi connectivity index (χ1n) is 10.4. The molecule has 1 heterocycles. The number of carboxylic acid groups (broad SMARTS) is 1. The molecule has 4 heteroatoms. The van der Waals surface area contributed by atoms with Gasteiger partial charge in [-0.05, 0) is 41.7 Å². The number of nitrogens with zero attached hydrogens (tertiary/aromatic N) is 1. The Balaban J connectivity index is 1.74. The first kappa shape index (κ1) is 19.9. The molecule has 0 bridgehead atoms. The van der Waals surface area contributed by atoms with Gasteiger partial charge >= 0.3 is 5.97 Å². The maximum absolute atomic E-state index is 13.6. The Morgan fingerprint density at radius 2 is 1.53 bits per heavy atom. The second-order valence-corrected chi connectivity index (χ2v) is 7.60. The summed E-state index contributed by atoms with van der Waals surface area (Å²) in [5.74, 6) is -0.750. The van der Waals surface area contributed by atoms with E-state index in [1.807, 2.05) is 54.7 Å². The number of carbonyl (C=O) groups is 2. The lowest BCUT2D eigenvalue weighted by molar-refractivity contribution is -0.137. The molecule has 1 aromatic heterocycles. The first-order valence-corrected chi connectivity index (χ1v) is 10.4. The van der Waals surface area contributed by atoms with E-state index in [-0.39, 0.29) is 12.2 Å². The van der Waals surface area contributed by atoms with Gasteiger partial charge in [0, 0.05) is 41.2 Å². The molecule has 152 valence electrons. The summed E-state index contributed by atoms with van der Waals surface area (Å²) in [7, 11) is 0. The van der Waals surface area contributed by atoms with Gasteiger partial charge in [0.15, 0.2) is 5.78 Å². The molecule has 4 rings (SSSR count). The summed E-state index contributed by atoms with van der Waals surface area (Å²) in [5.41, 5.74) is 3.66. The Labute approximate surface area is 175 Å². The van der Waals surface area contributed by atoms with Crippen molar-refractivity contribution in [3.63, 3.8) is 0 Å². The number of fused-ring (bicyclic) bond motifs is 2. The van der Waals surface area contributed by atoms with Gasteiger partial charge in [-0.1, -0.05) is 61.5 Å². The van der Waals surface area contributed by atoms with Gasteiger partial charge in [0.05, 0.1) is 0 Å². The van der Waals surface area contributed by atoms with Crippen molar-refractivity contribution in [2.24, 2.45) is 0 Å². The van der Waals surface area contributed by atoms with E-state index in [1.165, 1.54) is 5.56 Å². The molecule has 0 aliphatic rings. The fraction of sp³-hybridized carbons (Fsp3) is 0.231. The minimum Gasteiger partial charge on any atom is -0.481 e. The van der Waals surface area contributed by atoms with Crippen LogP contribution in [0.5, 0.6) is 0 Å². The van der Waals surface area contributed by atoms with Gasteiger partial charge in [0.2, 0.25) is 0 Å². The Kier molecular flexibility index (Phi) is 5.66. The third-order valence-electron chi connectivity index (χ3n) is 5.71. The standard InChI is InChI=1S/C26H25NO3/c1-2-18-14-15-22(20-10-4-3-9-19(18)20)26(30)23-17-27(16-8-7-13-25(28)29)24-12-6-5-11-21(23)24/h3-6,9-12,14-15,17H,2,7-8,13,16H2,1H3,(H,28,29). The fourth-order valence-electron chi connectivity index (χ4n) is 4.18. The Morgan fingerprint density at radius 1 is 0.833 bits per heavy atom. The summed E-state index contributed by atoms with van der Waals surface area (Å²) in [4.78, 5) is 24.4. The van der Waals surface area contributed by atoms with E-state index >= 15 is 0 Å². The molecule has 4 nitrogen and oxygen atoms in total. The van der Waals surface area contributed by atoms with Crippen molar-refractivity contribution < 1.29 is 14.7 Å². The van der Waals surface area contributed by atoms with Crippen LogP contribution in [0.1, 0.15) is 47.7 Å². The third kappa shape index (κ3) is 3.73. The van der Waals surface area contributed by atoms with E-state index in [0.717, 1.165) is 40.1 Å². The molecule has 0 atom stereocenters. The van der Waals surface area contributed by atoms with E-state index in [0.29, 0.717) is 18.5 Å². The average Bonchev–Trinajstić information content (AvgIpc) is 3.14. The summed E-state index contributed by atoms with van der Waals surface area (Å²) in [6.45, 7) is 2.82. The molecular weight excluding hydrogens is 374 g/mol. The van der Waals surface area contributed by atoms with Crippen molar-refractivity contribution in [3.8, 4) is 0 Å². The van der Waals surface area contributed by atoms with Gasteiger partial charge in [0.25, 0.3) is 0 Å². The Morgan fingerprint density at radius 3 is 2.27 bits per heavy atom. The number of aryl methyl sites for hydroxylation is 2. The fourth-order valence-corrected chi connectivity index (χ4v) is 4.18. The minimum atomic E-state index is -0.773. The lowest BCUT2D eigenvalue weighted by Crippen LogP contribution is -2.03. The van der Waals surface area contributed by atoms with E-state index in [1.54, 1.807) is 0 Å². The number of carbonyl (C=O) groups excluding carboxylic acids is 1. The highest BCUT2D eigenvalue weighted by atomic mass is 16.4. The highest BCUT2D eigenvalue weighted by Crippen LogP contribution is 2.29. The molecule has 0 saturated carbocycles. The highest BCUT2D eigenvalue weighted by molar-refractivity contribution is 6.21. The number of hydrogen-bond acceptors (Lipinski definition) is 2. The van der Waals surface area contributed by atoms with Crippen molar-refractivity contribution in [3.05, 3.63) is 83.6 Å². The summed E-state index contributed by atoms with van der Waals surface area (Å²) in [6.07, 6.45) is 4.39. The normalized spacial score (nSPS) is 11.2. The molecule has 0 spiro atoms. The number of para-hydroxylation sites is 1. The van der Waals surface area contributed by atoms with Gasteiger partial charge < -0.3 is 9.67 Å². The molecule has 0 unspecified atom stereocenters. The van der Waals surface area contributed by atoms with Gasteiger partial charge in [-0.15, -0.1) is 0 Å². The molecule has 0 aliphatic heterocycles. The molecule has 0 fully saturated rings. The van der Waals surface area contributed by atoms with E-state index in [9.17, 15) is 9.59 Å². The lowest BCUT2D eigenvalue weighted by Gasteiger charge is -2.09. The maximum Gasteiger partial charge on any atom is 0.303 e. The number of ketones is 1. The van der Waals surface area contributed by atoms with Crippen LogP contribution in [-0.4, -0.2) is 21.4 Å². The second kappa shape index (κ2) is 8.54. The number of hydrogen-bond donors (Lipinski definition) is 1. The van der Waals surface area contributed by atoms with Crippen LogP contribution >= 0.6 is 0 Å². The molecule has 0 radical (unpaired) electrons. The zero-order chi connectivity index (χ0) is 21.1. The second-order valence-electron chi connectivity index (χ2n) is 7.60. The molecule has 0 amide bonds. The van der Waals surface area contributed by atoms with Crippen molar-refractivity contribution in [1.82, 2.24) is 4.57 Å². The van der Waals surface area contributed by atoms with Crippen LogP contribution in [0.15, 0.2) is 66.9 Å². The Bertz CT molecular complexity index is 1240. The highest BCUT2D eigenvalue weighted by Gasteiger charge is 2.19. The lowest BCUT2D eigenvalue weighted by atomic mass is 9.93. The number of aromatic nitrogens is 1. The molecule has 0 saturated heterocycles. The summed E-state index contributed by atoms with van der Waals surface area (Å²) >= 11 is 0. The predicted octanol–water partition coefficient (Wildman–Crippen LogP) is 5.84. The van der Waals surface area contributed by atoms with Crippen molar-refractivity contribution in [1.29, 1.82) is 0 Å². The molecule has 4 aromatic rings. The van der Waals surface area contributed by atoms with Crippen molar-refractivity contribution >= 4 is 33.4 Å². The van der Waals surface area contributed by atoms with Crippen LogP contribution in [0.2, 0.25) is 0 Å². The van der Waals surface area contributed by atoms with Crippen LogP contribution < -0.4 is 0 Å². The predicted molar refractivity (Wildman–Crippen MR) is 120 cm³/mol. The number of carboxylic acids is 1. The summed E-state index contributed by atoms with van der Waals surface area (Å²) in [5, 5.41) is 11.9. The number of rotatable bonds is 8. The van der Waals surface area contributed by atoms with Crippen LogP contribution in [0, 0.1) is 0 Å². The molecule has 0 aliphatic carbocycles. The quantitative estimate of drug-likeness (QED) is 0.299. The van der Waals surface area contributed by atoms with Gasteiger partial charge in [-0.2, -0.15) is 0 Å². The maximum atomic E-state index is 13.6. The smallest absolute Gasteiger partial charge is 0.303 e. The van der Waals surface area contributed by atoms with E-state index < -0.39 is 5.97 Å². The molecule has 3 aromatic carbocycles. The molecular formula is C26H25NO3. The zero-order valence-corrected chi connectivity index (χ0v) is 17.1. The Hall–Kier alpha value is -3.40. The van der Waals surface area contributed by atoms with Crippen molar-refractivity contribution in [2.45, 2.75) is 39.2 Å². The van der Waals surface area contributed by atoms with Crippen molar-refractivity contribution in [2.75, 3.05) is 0 Å². The third-order valence-corrected chi connectivity index (χ3v) is 5.71. The topological polar surface area (TPSA) is 59.3 Å². The number of aliphatic carboxylic acids is 1. The van der Waals surface area contributed by atoms with E-state index in [4.69, 9.17) is 5.11 Å². The van der Waals surface area contributed by atoms with Crippen LogP contribution in [0.25, 0.3) is 21.7 Å². The van der Waals surface area contributed by atoms with Gasteiger partial charge in [0.1, 0.15) is 0 Å². The van der Waals surface area contributed by atoms with Gasteiger partial charge in [-0.3, -0.25) is 9.59 Å². The number of benzene rings is 3.